The molecule has 2 aromatic rings. The molecule has 5 heteroatoms. The van der Waals surface area contributed by atoms with Crippen LogP contribution in [0.2, 0.25) is 0 Å². The normalized spacial score (nSPS) is 22.7. The molecule has 4 nitrogen and oxygen atoms in total. The minimum absolute atomic E-state index is 0.0574. The van der Waals surface area contributed by atoms with Crippen LogP contribution in [-0.4, -0.2) is 23.8 Å². The summed E-state index contributed by atoms with van der Waals surface area (Å²) in [6.07, 6.45) is 10.2. The third-order valence-corrected chi connectivity index (χ3v) is 8.01. The summed E-state index contributed by atoms with van der Waals surface area (Å²) >= 11 is 0. The van der Waals surface area contributed by atoms with Gasteiger partial charge in [0.1, 0.15) is 0 Å². The number of sulfonamides is 1. The van der Waals surface area contributed by atoms with E-state index in [1.54, 1.807) is 4.31 Å². The van der Waals surface area contributed by atoms with E-state index >= 15 is 0 Å². The van der Waals surface area contributed by atoms with Gasteiger partial charge in [-0.05, 0) is 61.4 Å². The molecule has 1 unspecified atom stereocenters. The van der Waals surface area contributed by atoms with Crippen molar-refractivity contribution in [2.45, 2.75) is 61.8 Å². The summed E-state index contributed by atoms with van der Waals surface area (Å²) in [7, 11) is -1.47. The average Bonchev–Trinajstić information content (AvgIpc) is 3.31. The number of benzene rings is 1. The Labute approximate surface area is 156 Å². The molecule has 2 heterocycles. The highest BCUT2D eigenvalue weighted by molar-refractivity contribution is 7.89. The summed E-state index contributed by atoms with van der Waals surface area (Å²) in [4.78, 5) is 0.429. The molecule has 1 aromatic carbocycles. The molecular formula is C21H28N2O2S. The van der Waals surface area contributed by atoms with Crippen LogP contribution in [0.25, 0.3) is 0 Å². The Morgan fingerprint density at radius 1 is 0.923 bits per heavy atom. The zero-order valence-corrected chi connectivity index (χ0v) is 16.3. The zero-order chi connectivity index (χ0) is 18.1. The van der Waals surface area contributed by atoms with Crippen molar-refractivity contribution in [3.8, 4) is 0 Å². The summed E-state index contributed by atoms with van der Waals surface area (Å²) in [6, 6.07) is 11.7. The first-order valence-corrected chi connectivity index (χ1v) is 11.2. The Bertz CT molecular complexity index is 848. The summed E-state index contributed by atoms with van der Waals surface area (Å²) in [5.41, 5.74) is 2.37. The van der Waals surface area contributed by atoms with Gasteiger partial charge in [-0.2, -0.15) is 4.31 Å². The van der Waals surface area contributed by atoms with Crippen LogP contribution in [-0.2, 0) is 17.1 Å². The Morgan fingerprint density at radius 3 is 2.31 bits per heavy atom. The highest BCUT2D eigenvalue weighted by atomic mass is 32.2. The van der Waals surface area contributed by atoms with Crippen LogP contribution in [0.5, 0.6) is 0 Å². The largest absolute Gasteiger partial charge is 0.353 e. The molecule has 4 rings (SSSR count). The maximum atomic E-state index is 13.3. The van der Waals surface area contributed by atoms with E-state index in [-0.39, 0.29) is 6.04 Å². The van der Waals surface area contributed by atoms with Crippen LogP contribution in [0.3, 0.4) is 0 Å². The molecule has 1 aromatic heterocycles. The number of nitrogens with zero attached hydrogens (tertiary/aromatic N) is 2. The number of hydrogen-bond donors (Lipinski definition) is 0. The Morgan fingerprint density at radius 2 is 1.65 bits per heavy atom. The lowest BCUT2D eigenvalue weighted by atomic mass is 9.84. The molecule has 1 atom stereocenters. The lowest BCUT2D eigenvalue weighted by Gasteiger charge is -2.25. The molecular weight excluding hydrogens is 344 g/mol. The van der Waals surface area contributed by atoms with Crippen molar-refractivity contribution in [3.05, 3.63) is 53.9 Å². The summed E-state index contributed by atoms with van der Waals surface area (Å²) in [5, 5.41) is 0. The molecule has 1 saturated heterocycles. The molecule has 0 bridgehead atoms. The smallest absolute Gasteiger partial charge is 0.243 e. The van der Waals surface area contributed by atoms with E-state index in [0.717, 1.165) is 18.5 Å². The third-order valence-electron chi connectivity index (χ3n) is 6.09. The van der Waals surface area contributed by atoms with Crippen LogP contribution in [0.4, 0.5) is 0 Å². The van der Waals surface area contributed by atoms with Crippen molar-refractivity contribution in [3.63, 3.8) is 0 Å². The zero-order valence-electron chi connectivity index (χ0n) is 15.5. The molecule has 26 heavy (non-hydrogen) atoms. The number of aryl methyl sites for hydroxylation is 1. The van der Waals surface area contributed by atoms with Gasteiger partial charge in [-0.3, -0.25) is 0 Å². The van der Waals surface area contributed by atoms with Gasteiger partial charge in [-0.1, -0.05) is 31.4 Å². The molecule has 0 spiro atoms. The van der Waals surface area contributed by atoms with E-state index in [1.807, 2.05) is 54.2 Å². The molecule has 140 valence electrons. The highest BCUT2D eigenvalue weighted by Crippen LogP contribution is 2.37. The fourth-order valence-corrected chi connectivity index (χ4v) is 6.30. The molecule has 2 fully saturated rings. The maximum Gasteiger partial charge on any atom is 0.243 e. The number of aromatic nitrogens is 1. The lowest BCUT2D eigenvalue weighted by Crippen LogP contribution is -2.31. The van der Waals surface area contributed by atoms with Crippen molar-refractivity contribution in [2.24, 2.45) is 7.05 Å². The van der Waals surface area contributed by atoms with Crippen LogP contribution in [0.15, 0.2) is 47.5 Å². The first-order chi connectivity index (χ1) is 12.6. The van der Waals surface area contributed by atoms with E-state index in [2.05, 4.69) is 0 Å². The summed E-state index contributed by atoms with van der Waals surface area (Å²) in [6.45, 7) is 0.600. The summed E-state index contributed by atoms with van der Waals surface area (Å²) < 4.78 is 30.2. The van der Waals surface area contributed by atoms with Gasteiger partial charge in [0.05, 0.1) is 10.9 Å². The van der Waals surface area contributed by atoms with Gasteiger partial charge in [0, 0.05) is 25.5 Å². The van der Waals surface area contributed by atoms with Gasteiger partial charge in [-0.15, -0.1) is 0 Å². The quantitative estimate of drug-likeness (QED) is 0.787. The minimum Gasteiger partial charge on any atom is -0.353 e. The van der Waals surface area contributed by atoms with Gasteiger partial charge >= 0.3 is 0 Å². The summed E-state index contributed by atoms with van der Waals surface area (Å²) in [5.74, 6) is 0.600. The Balaban J connectivity index is 1.58. The molecule has 0 N–H and O–H groups in total. The lowest BCUT2D eigenvalue weighted by molar-refractivity contribution is 0.384. The van der Waals surface area contributed by atoms with Gasteiger partial charge in [-0.25, -0.2) is 8.42 Å². The molecule has 1 aliphatic heterocycles. The minimum atomic E-state index is -3.46. The monoisotopic (exact) mass is 372 g/mol. The van der Waals surface area contributed by atoms with Crippen LogP contribution in [0, 0.1) is 0 Å². The second-order valence-electron chi connectivity index (χ2n) is 7.72. The van der Waals surface area contributed by atoms with E-state index < -0.39 is 10.0 Å². The van der Waals surface area contributed by atoms with Crippen molar-refractivity contribution in [1.82, 2.24) is 8.87 Å². The molecule has 1 saturated carbocycles. The van der Waals surface area contributed by atoms with Crippen molar-refractivity contribution in [1.29, 1.82) is 0 Å². The maximum absolute atomic E-state index is 13.3. The standard InChI is InChI=1S/C21H28N2O2S/c1-22-15-5-9-20(22)21-10-6-16-23(21)26(24,25)19-13-11-18(12-14-19)17-7-3-2-4-8-17/h5,9,11-15,17,21H,2-4,6-8,10,16H2,1H3. The van der Waals surface area contributed by atoms with Gasteiger partial charge in [0.25, 0.3) is 0 Å². The first kappa shape index (κ1) is 17.8. The van der Waals surface area contributed by atoms with Gasteiger partial charge < -0.3 is 4.57 Å². The van der Waals surface area contributed by atoms with Crippen molar-refractivity contribution >= 4 is 10.0 Å². The number of rotatable bonds is 4. The molecule has 0 radical (unpaired) electrons. The van der Waals surface area contributed by atoms with E-state index in [9.17, 15) is 8.42 Å². The van der Waals surface area contributed by atoms with E-state index in [1.165, 1.54) is 37.7 Å². The Hall–Kier alpha value is -1.59. The van der Waals surface area contributed by atoms with E-state index in [4.69, 9.17) is 0 Å². The number of hydrogen-bond acceptors (Lipinski definition) is 2. The highest BCUT2D eigenvalue weighted by Gasteiger charge is 2.37. The van der Waals surface area contributed by atoms with Gasteiger partial charge in [0.2, 0.25) is 10.0 Å². The van der Waals surface area contributed by atoms with Gasteiger partial charge in [0.15, 0.2) is 0 Å². The van der Waals surface area contributed by atoms with Crippen LogP contribution >= 0.6 is 0 Å². The van der Waals surface area contributed by atoms with Crippen LogP contribution in [0.1, 0.15) is 68.2 Å². The average molecular weight is 373 g/mol. The fraction of sp³-hybridized carbons (Fsp3) is 0.524. The second-order valence-corrected chi connectivity index (χ2v) is 9.61. The molecule has 2 aliphatic rings. The van der Waals surface area contributed by atoms with E-state index in [0.29, 0.717) is 17.4 Å². The molecule has 1 aliphatic carbocycles. The third kappa shape index (κ3) is 3.23. The first-order valence-electron chi connectivity index (χ1n) is 9.80. The molecule has 0 amide bonds. The predicted octanol–water partition coefficient (Wildman–Crippen LogP) is 4.60. The SMILES string of the molecule is Cn1cccc1C1CCCN1S(=O)(=O)c1ccc(C2CCCCC2)cc1. The topological polar surface area (TPSA) is 42.3 Å². The van der Waals surface area contributed by atoms with Crippen molar-refractivity contribution < 1.29 is 8.42 Å². The van der Waals surface area contributed by atoms with Crippen molar-refractivity contribution in [2.75, 3.05) is 6.54 Å². The predicted molar refractivity (Wildman–Crippen MR) is 104 cm³/mol. The Kier molecular flexibility index (Phi) is 4.93. The van der Waals surface area contributed by atoms with Crippen LogP contribution < -0.4 is 0 Å². The fourth-order valence-electron chi connectivity index (χ4n) is 4.63. The second kappa shape index (κ2) is 7.20.